The van der Waals surface area contributed by atoms with E-state index < -0.39 is 0 Å². The SMILES string of the molecule is COc1ccc2[nH]cc(CC(=O)N3CCN(Cc4ncn[nH]4)CC3)c2c1. The van der Waals surface area contributed by atoms with Gasteiger partial charge in [-0.15, -0.1) is 0 Å². The van der Waals surface area contributed by atoms with Crippen LogP contribution in [0.25, 0.3) is 10.9 Å². The van der Waals surface area contributed by atoms with Gasteiger partial charge in [-0.05, 0) is 23.8 Å². The van der Waals surface area contributed by atoms with Gasteiger partial charge in [-0.1, -0.05) is 0 Å². The summed E-state index contributed by atoms with van der Waals surface area (Å²) in [6.07, 6.45) is 3.84. The largest absolute Gasteiger partial charge is 0.497 e. The third-order valence-electron chi connectivity index (χ3n) is 4.88. The van der Waals surface area contributed by atoms with Gasteiger partial charge in [-0.25, -0.2) is 4.98 Å². The van der Waals surface area contributed by atoms with Crippen LogP contribution < -0.4 is 4.74 Å². The number of aromatic amines is 2. The first-order valence-corrected chi connectivity index (χ1v) is 8.71. The van der Waals surface area contributed by atoms with E-state index in [-0.39, 0.29) is 5.91 Å². The van der Waals surface area contributed by atoms with E-state index in [1.807, 2.05) is 29.3 Å². The third-order valence-corrected chi connectivity index (χ3v) is 4.88. The van der Waals surface area contributed by atoms with Crippen LogP contribution in [-0.4, -0.2) is 69.2 Å². The summed E-state index contributed by atoms with van der Waals surface area (Å²) in [5, 5.41) is 7.79. The fourth-order valence-electron chi connectivity index (χ4n) is 3.38. The number of fused-ring (bicyclic) bond motifs is 1. The van der Waals surface area contributed by atoms with Crippen LogP contribution >= 0.6 is 0 Å². The lowest BCUT2D eigenvalue weighted by Gasteiger charge is -2.34. The Morgan fingerprint density at radius 1 is 1.27 bits per heavy atom. The maximum atomic E-state index is 12.7. The highest BCUT2D eigenvalue weighted by molar-refractivity contribution is 5.89. The van der Waals surface area contributed by atoms with Crippen molar-refractivity contribution in [1.29, 1.82) is 0 Å². The zero-order valence-corrected chi connectivity index (χ0v) is 14.7. The van der Waals surface area contributed by atoms with Gasteiger partial charge < -0.3 is 14.6 Å². The average Bonchev–Trinajstić information content (AvgIpc) is 3.32. The van der Waals surface area contributed by atoms with Crippen LogP contribution in [0.2, 0.25) is 0 Å². The minimum Gasteiger partial charge on any atom is -0.497 e. The molecule has 1 aliphatic rings. The number of nitrogens with one attached hydrogen (secondary N) is 2. The minimum atomic E-state index is 0.160. The lowest BCUT2D eigenvalue weighted by molar-refractivity contribution is -0.132. The average molecular weight is 354 g/mol. The predicted molar refractivity (Wildman–Crippen MR) is 96.8 cm³/mol. The number of ether oxygens (including phenoxy) is 1. The fraction of sp³-hybridized carbons (Fsp3) is 0.389. The summed E-state index contributed by atoms with van der Waals surface area (Å²) < 4.78 is 5.30. The zero-order valence-electron chi connectivity index (χ0n) is 14.7. The summed E-state index contributed by atoms with van der Waals surface area (Å²) in [4.78, 5) is 24.3. The monoisotopic (exact) mass is 354 g/mol. The summed E-state index contributed by atoms with van der Waals surface area (Å²) in [7, 11) is 1.65. The van der Waals surface area contributed by atoms with E-state index in [2.05, 4.69) is 25.1 Å². The van der Waals surface area contributed by atoms with Gasteiger partial charge in [0.1, 0.15) is 17.9 Å². The minimum absolute atomic E-state index is 0.160. The van der Waals surface area contributed by atoms with Crippen molar-refractivity contribution in [3.05, 3.63) is 42.1 Å². The van der Waals surface area contributed by atoms with Gasteiger partial charge >= 0.3 is 0 Å². The summed E-state index contributed by atoms with van der Waals surface area (Å²) in [5.74, 6) is 1.82. The highest BCUT2D eigenvalue weighted by Gasteiger charge is 2.22. The van der Waals surface area contributed by atoms with E-state index in [9.17, 15) is 4.79 Å². The fourth-order valence-corrected chi connectivity index (χ4v) is 3.38. The number of piperazine rings is 1. The molecule has 4 rings (SSSR count). The van der Waals surface area contributed by atoms with Crippen molar-refractivity contribution in [3.8, 4) is 5.75 Å². The quantitative estimate of drug-likeness (QED) is 0.718. The number of carbonyl (C=O) groups excluding carboxylic acids is 1. The lowest BCUT2D eigenvalue weighted by Crippen LogP contribution is -2.48. The highest BCUT2D eigenvalue weighted by atomic mass is 16.5. The molecule has 26 heavy (non-hydrogen) atoms. The molecule has 8 heteroatoms. The molecule has 0 saturated carbocycles. The Morgan fingerprint density at radius 2 is 2.12 bits per heavy atom. The Morgan fingerprint density at radius 3 is 2.85 bits per heavy atom. The van der Waals surface area contributed by atoms with Crippen LogP contribution in [0.5, 0.6) is 5.75 Å². The second-order valence-electron chi connectivity index (χ2n) is 6.49. The number of aromatic nitrogens is 4. The number of amides is 1. The Bertz CT molecular complexity index is 880. The summed E-state index contributed by atoms with van der Waals surface area (Å²) in [6, 6.07) is 5.87. The zero-order chi connectivity index (χ0) is 17.9. The molecule has 0 bridgehead atoms. The predicted octanol–water partition coefficient (Wildman–Crippen LogP) is 1.18. The highest BCUT2D eigenvalue weighted by Crippen LogP contribution is 2.24. The second kappa shape index (κ2) is 7.17. The number of H-pyrrole nitrogens is 2. The van der Waals surface area contributed by atoms with E-state index in [0.29, 0.717) is 6.42 Å². The number of benzene rings is 1. The van der Waals surface area contributed by atoms with E-state index in [0.717, 1.165) is 60.8 Å². The van der Waals surface area contributed by atoms with Gasteiger partial charge in [0.15, 0.2) is 0 Å². The van der Waals surface area contributed by atoms with Gasteiger partial charge in [0.2, 0.25) is 5.91 Å². The first kappa shape index (κ1) is 16.6. The van der Waals surface area contributed by atoms with Crippen molar-refractivity contribution in [1.82, 2.24) is 30.0 Å². The van der Waals surface area contributed by atoms with E-state index >= 15 is 0 Å². The summed E-state index contributed by atoms with van der Waals surface area (Å²) in [6.45, 7) is 3.89. The van der Waals surface area contributed by atoms with Gasteiger partial charge in [0, 0.05) is 43.3 Å². The Hall–Kier alpha value is -2.87. The van der Waals surface area contributed by atoms with E-state index in [1.54, 1.807) is 7.11 Å². The van der Waals surface area contributed by atoms with Gasteiger partial charge in [0.05, 0.1) is 20.1 Å². The summed E-state index contributed by atoms with van der Waals surface area (Å²) in [5.41, 5.74) is 2.03. The molecular weight excluding hydrogens is 332 g/mol. The normalized spacial score (nSPS) is 15.5. The van der Waals surface area contributed by atoms with Gasteiger partial charge in [-0.3, -0.25) is 14.8 Å². The standard InChI is InChI=1S/C18H22N6O2/c1-26-14-2-3-16-15(9-14)13(10-19-16)8-18(25)24-6-4-23(5-7-24)11-17-20-12-21-22-17/h2-3,9-10,12,19H,4-8,11H2,1H3,(H,20,21,22). The first-order valence-electron chi connectivity index (χ1n) is 8.71. The van der Waals surface area contributed by atoms with Crippen molar-refractivity contribution in [3.63, 3.8) is 0 Å². The van der Waals surface area contributed by atoms with E-state index in [4.69, 9.17) is 4.74 Å². The molecule has 0 unspecified atom stereocenters. The first-order chi connectivity index (χ1) is 12.7. The molecule has 0 spiro atoms. The van der Waals surface area contributed by atoms with Gasteiger partial charge in [-0.2, -0.15) is 5.10 Å². The number of carbonyl (C=O) groups is 1. The Balaban J connectivity index is 1.37. The molecule has 0 radical (unpaired) electrons. The molecule has 2 N–H and O–H groups in total. The molecule has 8 nitrogen and oxygen atoms in total. The molecule has 3 heterocycles. The number of methoxy groups -OCH3 is 1. The van der Waals surface area contributed by atoms with E-state index in [1.165, 1.54) is 6.33 Å². The number of hydrogen-bond acceptors (Lipinski definition) is 5. The van der Waals surface area contributed by atoms with Crippen LogP contribution in [0.1, 0.15) is 11.4 Å². The maximum absolute atomic E-state index is 12.7. The number of nitrogens with zero attached hydrogens (tertiary/aromatic N) is 4. The lowest BCUT2D eigenvalue weighted by atomic mass is 10.1. The molecule has 0 atom stereocenters. The topological polar surface area (TPSA) is 90.1 Å². The molecule has 3 aromatic rings. The van der Waals surface area contributed by atoms with Crippen molar-refractivity contribution in [2.75, 3.05) is 33.3 Å². The molecule has 2 aromatic heterocycles. The van der Waals surface area contributed by atoms with Crippen LogP contribution in [-0.2, 0) is 17.8 Å². The van der Waals surface area contributed by atoms with Crippen LogP contribution in [0.15, 0.2) is 30.7 Å². The van der Waals surface area contributed by atoms with Crippen molar-refractivity contribution < 1.29 is 9.53 Å². The molecule has 1 aromatic carbocycles. The molecular formula is C18H22N6O2. The smallest absolute Gasteiger partial charge is 0.227 e. The molecule has 1 fully saturated rings. The number of hydrogen-bond donors (Lipinski definition) is 2. The Labute approximate surface area is 151 Å². The molecule has 136 valence electrons. The van der Waals surface area contributed by atoms with Crippen LogP contribution in [0.4, 0.5) is 0 Å². The van der Waals surface area contributed by atoms with Crippen LogP contribution in [0, 0.1) is 0 Å². The van der Waals surface area contributed by atoms with Gasteiger partial charge in [0.25, 0.3) is 0 Å². The van der Waals surface area contributed by atoms with Crippen molar-refractivity contribution in [2.24, 2.45) is 0 Å². The molecule has 1 amide bonds. The Kier molecular flexibility index (Phi) is 4.57. The maximum Gasteiger partial charge on any atom is 0.227 e. The van der Waals surface area contributed by atoms with Crippen molar-refractivity contribution in [2.45, 2.75) is 13.0 Å². The van der Waals surface area contributed by atoms with Crippen LogP contribution in [0.3, 0.4) is 0 Å². The molecule has 1 aliphatic heterocycles. The third kappa shape index (κ3) is 3.41. The summed E-state index contributed by atoms with van der Waals surface area (Å²) >= 11 is 0. The molecule has 1 saturated heterocycles. The number of rotatable bonds is 5. The van der Waals surface area contributed by atoms with Crippen molar-refractivity contribution >= 4 is 16.8 Å². The second-order valence-corrected chi connectivity index (χ2v) is 6.49. The molecule has 0 aliphatic carbocycles.